The minimum atomic E-state index is -2.87. The molecular weight excluding hydrogens is 352 g/mol. The van der Waals surface area contributed by atoms with E-state index in [1.807, 2.05) is 37.3 Å². The number of ether oxygens (including phenoxy) is 1. The van der Waals surface area contributed by atoms with Crippen molar-refractivity contribution in [1.29, 1.82) is 0 Å². The first kappa shape index (κ1) is 18.6. The van der Waals surface area contributed by atoms with Gasteiger partial charge in [0.05, 0.1) is 11.7 Å². The highest BCUT2D eigenvalue weighted by atomic mass is 19.3. The normalized spacial score (nSPS) is 12.0. The van der Waals surface area contributed by atoms with Crippen molar-refractivity contribution in [3.05, 3.63) is 71.9 Å². The van der Waals surface area contributed by atoms with Gasteiger partial charge in [-0.3, -0.25) is 9.89 Å². The molecule has 7 heteroatoms. The number of rotatable bonds is 7. The van der Waals surface area contributed by atoms with E-state index < -0.39 is 6.61 Å². The summed E-state index contributed by atoms with van der Waals surface area (Å²) in [7, 11) is 0. The van der Waals surface area contributed by atoms with Gasteiger partial charge in [-0.2, -0.15) is 13.9 Å². The van der Waals surface area contributed by atoms with Gasteiger partial charge < -0.3 is 10.1 Å². The second kappa shape index (κ2) is 8.44. The molecule has 3 rings (SSSR count). The van der Waals surface area contributed by atoms with E-state index in [-0.39, 0.29) is 17.7 Å². The van der Waals surface area contributed by atoms with Crippen LogP contribution in [0.1, 0.15) is 35.4 Å². The molecule has 0 aliphatic carbocycles. The Hall–Kier alpha value is -3.22. The summed E-state index contributed by atoms with van der Waals surface area (Å²) in [6.07, 6.45) is 0.752. The zero-order valence-corrected chi connectivity index (χ0v) is 14.7. The van der Waals surface area contributed by atoms with Crippen molar-refractivity contribution < 1.29 is 18.3 Å². The van der Waals surface area contributed by atoms with E-state index in [1.54, 1.807) is 18.2 Å². The summed E-state index contributed by atoms with van der Waals surface area (Å²) in [4.78, 5) is 12.5. The summed E-state index contributed by atoms with van der Waals surface area (Å²) in [5.41, 5.74) is 2.58. The highest BCUT2D eigenvalue weighted by molar-refractivity contribution is 5.93. The largest absolute Gasteiger partial charge is 0.435 e. The molecule has 0 bridgehead atoms. The van der Waals surface area contributed by atoms with E-state index in [1.165, 1.54) is 12.1 Å². The van der Waals surface area contributed by atoms with Gasteiger partial charge in [0.15, 0.2) is 0 Å². The third-order valence-electron chi connectivity index (χ3n) is 4.11. The lowest BCUT2D eigenvalue weighted by Gasteiger charge is -2.16. The quantitative estimate of drug-likeness (QED) is 0.640. The van der Waals surface area contributed by atoms with Crippen LogP contribution in [0.25, 0.3) is 11.3 Å². The smallest absolute Gasteiger partial charge is 0.387 e. The van der Waals surface area contributed by atoms with Crippen LogP contribution in [0.5, 0.6) is 5.75 Å². The predicted molar refractivity (Wildman–Crippen MR) is 97.6 cm³/mol. The van der Waals surface area contributed by atoms with Gasteiger partial charge in [-0.05, 0) is 42.3 Å². The Kier molecular flexibility index (Phi) is 5.80. The average Bonchev–Trinajstić information content (AvgIpc) is 3.17. The Balaban J connectivity index is 1.70. The molecule has 2 aromatic carbocycles. The van der Waals surface area contributed by atoms with Crippen molar-refractivity contribution >= 4 is 5.91 Å². The van der Waals surface area contributed by atoms with Crippen molar-refractivity contribution in [3.8, 4) is 17.0 Å². The Morgan fingerprint density at radius 1 is 1.15 bits per heavy atom. The molecule has 0 saturated carbocycles. The zero-order chi connectivity index (χ0) is 19.2. The fraction of sp³-hybridized carbons (Fsp3) is 0.200. The number of hydrogen-bond acceptors (Lipinski definition) is 3. The topological polar surface area (TPSA) is 67.0 Å². The van der Waals surface area contributed by atoms with Gasteiger partial charge in [0, 0.05) is 5.56 Å². The number of halogens is 2. The summed E-state index contributed by atoms with van der Waals surface area (Å²) >= 11 is 0. The van der Waals surface area contributed by atoms with Crippen molar-refractivity contribution in [1.82, 2.24) is 15.5 Å². The molecule has 0 saturated heterocycles. The number of aromatic amines is 1. The van der Waals surface area contributed by atoms with Crippen LogP contribution in [0.2, 0.25) is 0 Å². The van der Waals surface area contributed by atoms with Crippen LogP contribution < -0.4 is 10.1 Å². The maximum absolute atomic E-state index is 12.5. The lowest BCUT2D eigenvalue weighted by Crippen LogP contribution is -2.28. The number of nitrogens with one attached hydrogen (secondary N) is 2. The molecule has 0 radical (unpaired) electrons. The second-order valence-electron chi connectivity index (χ2n) is 5.91. The number of aromatic nitrogens is 2. The minimum Gasteiger partial charge on any atom is -0.435 e. The van der Waals surface area contributed by atoms with Crippen LogP contribution in [0.15, 0.2) is 60.7 Å². The molecule has 2 N–H and O–H groups in total. The van der Waals surface area contributed by atoms with Crippen LogP contribution >= 0.6 is 0 Å². The molecular formula is C20H19F2N3O2. The Bertz CT molecular complexity index is 880. The Morgan fingerprint density at radius 3 is 2.48 bits per heavy atom. The maximum Gasteiger partial charge on any atom is 0.387 e. The SMILES string of the molecule is CCC(NC(=O)c1cc(-c2ccc(OC(F)F)cc2)n[nH]1)c1ccccc1. The van der Waals surface area contributed by atoms with E-state index in [4.69, 9.17) is 0 Å². The molecule has 0 fully saturated rings. The first-order valence-electron chi connectivity index (χ1n) is 8.53. The molecule has 5 nitrogen and oxygen atoms in total. The van der Waals surface area contributed by atoms with Crippen LogP contribution in [0.3, 0.4) is 0 Å². The molecule has 0 spiro atoms. The molecule has 27 heavy (non-hydrogen) atoms. The van der Waals surface area contributed by atoms with Crippen LogP contribution in [-0.2, 0) is 0 Å². The first-order chi connectivity index (χ1) is 13.1. The summed E-state index contributed by atoms with van der Waals surface area (Å²) < 4.78 is 28.7. The minimum absolute atomic E-state index is 0.0656. The van der Waals surface area contributed by atoms with E-state index in [0.717, 1.165) is 12.0 Å². The Labute approximate surface area is 155 Å². The molecule has 140 valence electrons. The van der Waals surface area contributed by atoms with Crippen LogP contribution in [0, 0.1) is 0 Å². The summed E-state index contributed by atoms with van der Waals surface area (Å²) in [6, 6.07) is 17.3. The number of H-pyrrole nitrogens is 1. The van der Waals surface area contributed by atoms with Crippen LogP contribution in [0.4, 0.5) is 8.78 Å². The van der Waals surface area contributed by atoms with Crippen LogP contribution in [-0.4, -0.2) is 22.7 Å². The lowest BCUT2D eigenvalue weighted by atomic mass is 10.0. The van der Waals surface area contributed by atoms with E-state index in [0.29, 0.717) is 17.0 Å². The van der Waals surface area contributed by atoms with Crippen molar-refractivity contribution in [2.45, 2.75) is 26.0 Å². The zero-order valence-electron chi connectivity index (χ0n) is 14.7. The fourth-order valence-electron chi connectivity index (χ4n) is 2.74. The maximum atomic E-state index is 12.5. The molecule has 1 atom stereocenters. The van der Waals surface area contributed by atoms with Gasteiger partial charge in [-0.15, -0.1) is 0 Å². The highest BCUT2D eigenvalue weighted by Crippen LogP contribution is 2.23. The average molecular weight is 371 g/mol. The number of carbonyl (C=O) groups is 1. The molecule has 1 unspecified atom stereocenters. The number of amides is 1. The highest BCUT2D eigenvalue weighted by Gasteiger charge is 2.16. The summed E-state index contributed by atoms with van der Waals surface area (Å²) in [6.45, 7) is -0.869. The van der Waals surface area contributed by atoms with Gasteiger partial charge in [-0.1, -0.05) is 37.3 Å². The number of hydrogen-bond donors (Lipinski definition) is 2. The summed E-state index contributed by atoms with van der Waals surface area (Å²) in [5.74, 6) is -0.196. The molecule has 0 aliphatic heterocycles. The van der Waals surface area contributed by atoms with E-state index >= 15 is 0 Å². The number of nitrogens with zero attached hydrogens (tertiary/aromatic N) is 1. The number of alkyl halides is 2. The molecule has 0 aliphatic rings. The molecule has 1 amide bonds. The predicted octanol–water partition coefficient (Wildman–Crippen LogP) is 4.56. The van der Waals surface area contributed by atoms with E-state index in [2.05, 4.69) is 20.3 Å². The Morgan fingerprint density at radius 2 is 1.85 bits per heavy atom. The summed E-state index contributed by atoms with van der Waals surface area (Å²) in [5, 5.41) is 9.83. The second-order valence-corrected chi connectivity index (χ2v) is 5.91. The third-order valence-corrected chi connectivity index (χ3v) is 4.11. The van der Waals surface area contributed by atoms with E-state index in [9.17, 15) is 13.6 Å². The molecule has 3 aromatic rings. The third kappa shape index (κ3) is 4.69. The van der Waals surface area contributed by atoms with Gasteiger partial charge in [-0.25, -0.2) is 0 Å². The monoisotopic (exact) mass is 371 g/mol. The lowest BCUT2D eigenvalue weighted by molar-refractivity contribution is -0.0498. The van der Waals surface area contributed by atoms with Gasteiger partial charge in [0.1, 0.15) is 11.4 Å². The van der Waals surface area contributed by atoms with Crippen molar-refractivity contribution in [2.75, 3.05) is 0 Å². The number of carbonyl (C=O) groups excluding carboxylic acids is 1. The molecule has 1 aromatic heterocycles. The van der Waals surface area contributed by atoms with Gasteiger partial charge in [0.25, 0.3) is 5.91 Å². The fourth-order valence-corrected chi connectivity index (χ4v) is 2.74. The van der Waals surface area contributed by atoms with Gasteiger partial charge >= 0.3 is 6.61 Å². The molecule has 1 heterocycles. The van der Waals surface area contributed by atoms with Crippen molar-refractivity contribution in [2.24, 2.45) is 0 Å². The number of benzene rings is 2. The van der Waals surface area contributed by atoms with Crippen molar-refractivity contribution in [3.63, 3.8) is 0 Å². The standard InChI is InChI=1S/C20H19F2N3O2/c1-2-16(13-6-4-3-5-7-13)23-19(26)18-12-17(24-25-18)14-8-10-15(11-9-14)27-20(21)22/h3-12,16,20H,2H2,1H3,(H,23,26)(H,24,25). The van der Waals surface area contributed by atoms with Gasteiger partial charge in [0.2, 0.25) is 0 Å². The first-order valence-corrected chi connectivity index (χ1v) is 8.53.